The summed E-state index contributed by atoms with van der Waals surface area (Å²) >= 11 is 0. The van der Waals surface area contributed by atoms with E-state index in [-0.39, 0.29) is 0 Å². The van der Waals surface area contributed by atoms with E-state index in [9.17, 15) is 84.2 Å². The summed E-state index contributed by atoms with van der Waals surface area (Å²) in [6.45, 7) is 0. The van der Waals surface area contributed by atoms with Gasteiger partial charge in [-0.2, -0.15) is 74.6 Å². The van der Waals surface area contributed by atoms with Gasteiger partial charge in [-0.15, -0.1) is 0 Å². The van der Waals surface area contributed by atoms with Gasteiger partial charge < -0.3 is 9.84 Å². The number of halogens is 17. The summed E-state index contributed by atoms with van der Waals surface area (Å²) < 4.78 is 227. The van der Waals surface area contributed by atoms with Crippen molar-refractivity contribution in [3.05, 3.63) is 11.6 Å². The van der Waals surface area contributed by atoms with E-state index in [0.717, 1.165) is 0 Å². The van der Waals surface area contributed by atoms with Crippen LogP contribution in [0.4, 0.5) is 74.6 Å². The third-order valence-electron chi connectivity index (χ3n) is 4.18. The van der Waals surface area contributed by atoms with Gasteiger partial charge >= 0.3 is 59.6 Å². The molecule has 0 radical (unpaired) electrons. The lowest BCUT2D eigenvalue weighted by atomic mass is 9.88. The number of esters is 1. The van der Waals surface area contributed by atoms with Crippen LogP contribution in [0.3, 0.4) is 0 Å². The fourth-order valence-corrected chi connectivity index (χ4v) is 2.10. The van der Waals surface area contributed by atoms with E-state index in [1.54, 1.807) is 0 Å². The lowest BCUT2D eigenvalue weighted by Crippen LogP contribution is -2.74. The fraction of sp³-hybridized carbons (Fsp3) is 0.733. The molecule has 0 spiro atoms. The summed E-state index contributed by atoms with van der Waals surface area (Å²) in [4.78, 5) is 21.7. The molecule has 212 valence electrons. The monoisotopic (exact) mass is 576 g/mol. The SMILES string of the molecule is COC(=O)C(=CCC(F)(F)C(F)(F)C(F)(F)C(F)(F)C(F)(F)C(F)(F)C(F)(F)C(F)(F)F)CC(=O)O. The normalized spacial score (nSPS) is 15.7. The second-order valence-electron chi connectivity index (χ2n) is 6.64. The molecule has 0 rings (SSSR count). The minimum atomic E-state index is -8.75. The maximum absolute atomic E-state index is 13.7. The van der Waals surface area contributed by atoms with E-state index in [1.165, 1.54) is 0 Å². The first-order valence-electron chi connectivity index (χ1n) is 8.21. The third kappa shape index (κ3) is 5.00. The maximum Gasteiger partial charge on any atom is 0.460 e. The van der Waals surface area contributed by atoms with Crippen LogP contribution in [-0.4, -0.2) is 71.8 Å². The van der Waals surface area contributed by atoms with E-state index in [2.05, 4.69) is 4.74 Å². The van der Waals surface area contributed by atoms with E-state index in [4.69, 9.17) is 5.11 Å². The topological polar surface area (TPSA) is 63.6 Å². The van der Waals surface area contributed by atoms with Gasteiger partial charge in [-0.3, -0.25) is 4.79 Å². The first-order chi connectivity index (χ1) is 15.5. The van der Waals surface area contributed by atoms with E-state index < -0.39 is 84.1 Å². The zero-order valence-corrected chi connectivity index (χ0v) is 16.6. The lowest BCUT2D eigenvalue weighted by molar-refractivity contribution is -0.461. The number of allylic oxidation sites excluding steroid dienone is 1. The number of rotatable bonds is 11. The molecule has 0 heterocycles. The number of carbonyl (C=O) groups is 2. The second-order valence-corrected chi connectivity index (χ2v) is 6.64. The van der Waals surface area contributed by atoms with Crippen LogP contribution in [0.1, 0.15) is 12.8 Å². The Hall–Kier alpha value is -2.51. The zero-order chi connectivity index (χ0) is 29.6. The van der Waals surface area contributed by atoms with Crippen molar-refractivity contribution in [3.8, 4) is 0 Å². The Morgan fingerprint density at radius 2 is 0.972 bits per heavy atom. The second kappa shape index (κ2) is 9.42. The number of alkyl halides is 17. The first-order valence-corrected chi connectivity index (χ1v) is 8.21. The molecular weight excluding hydrogens is 567 g/mol. The average Bonchev–Trinajstić information content (AvgIpc) is 2.68. The van der Waals surface area contributed by atoms with Crippen molar-refractivity contribution < 1.29 is 94.1 Å². The van der Waals surface area contributed by atoms with Crippen LogP contribution in [-0.2, 0) is 14.3 Å². The Bertz CT molecular complexity index is 872. The number of carboxylic acids is 1. The summed E-state index contributed by atoms with van der Waals surface area (Å²) in [5.74, 6) is -61.5. The minimum absolute atomic E-state index is 0.443. The van der Waals surface area contributed by atoms with Gasteiger partial charge in [-0.25, -0.2) is 4.79 Å². The highest BCUT2D eigenvalue weighted by molar-refractivity contribution is 5.93. The molecule has 0 saturated heterocycles. The summed E-state index contributed by atoms with van der Waals surface area (Å²) in [6, 6.07) is 0. The number of hydrogen-bond acceptors (Lipinski definition) is 3. The van der Waals surface area contributed by atoms with Gasteiger partial charge in [-0.1, -0.05) is 6.08 Å². The quantitative estimate of drug-likeness (QED) is 0.188. The molecule has 0 bridgehead atoms. The van der Waals surface area contributed by atoms with E-state index in [1.807, 2.05) is 0 Å². The van der Waals surface area contributed by atoms with Gasteiger partial charge in [0.25, 0.3) is 0 Å². The van der Waals surface area contributed by atoms with E-state index >= 15 is 0 Å². The molecule has 1 N–H and O–H groups in total. The standard InChI is InChI=1S/C15H9F17O4/c1-36-7(35)5(4-6(33)34)2-3-8(16,17)9(18,19)10(20,21)11(22,23)12(24,25)13(26,27)14(28,29)15(30,31)32/h2H,3-4H2,1H3,(H,33,34). The van der Waals surface area contributed by atoms with Crippen LogP contribution >= 0.6 is 0 Å². The van der Waals surface area contributed by atoms with Crippen LogP contribution in [0.15, 0.2) is 11.6 Å². The van der Waals surface area contributed by atoms with Crippen LogP contribution in [0, 0.1) is 0 Å². The molecule has 0 aromatic carbocycles. The predicted molar refractivity (Wildman–Crippen MR) is 77.7 cm³/mol. The minimum Gasteiger partial charge on any atom is -0.481 e. The fourth-order valence-electron chi connectivity index (χ4n) is 2.10. The molecule has 0 amide bonds. The number of ether oxygens (including phenoxy) is 1. The molecular formula is C15H9F17O4. The maximum atomic E-state index is 13.7. The summed E-state index contributed by atoms with van der Waals surface area (Å²) in [5, 5.41) is 8.44. The Kier molecular flexibility index (Phi) is 8.76. The van der Waals surface area contributed by atoms with Gasteiger partial charge in [0.15, 0.2) is 0 Å². The van der Waals surface area contributed by atoms with Crippen LogP contribution in [0.2, 0.25) is 0 Å². The molecule has 0 saturated carbocycles. The van der Waals surface area contributed by atoms with Crippen molar-refractivity contribution in [2.75, 3.05) is 7.11 Å². The smallest absolute Gasteiger partial charge is 0.460 e. The zero-order valence-electron chi connectivity index (χ0n) is 16.6. The number of aliphatic carboxylic acids is 1. The van der Waals surface area contributed by atoms with Gasteiger partial charge in [0.1, 0.15) is 0 Å². The first kappa shape index (κ1) is 33.5. The van der Waals surface area contributed by atoms with Crippen molar-refractivity contribution in [3.63, 3.8) is 0 Å². The average molecular weight is 576 g/mol. The molecule has 0 fully saturated rings. The molecule has 0 aliphatic rings. The van der Waals surface area contributed by atoms with Gasteiger partial charge in [0.05, 0.1) is 13.5 Å². The van der Waals surface area contributed by atoms with E-state index in [0.29, 0.717) is 7.11 Å². The summed E-state index contributed by atoms with van der Waals surface area (Å²) in [6.07, 6.45) is -13.2. The number of carboxylic acid groups (broad SMARTS) is 1. The summed E-state index contributed by atoms with van der Waals surface area (Å²) in [7, 11) is 0.443. The van der Waals surface area contributed by atoms with Crippen LogP contribution in [0.5, 0.6) is 0 Å². The molecule has 0 aromatic rings. The molecule has 36 heavy (non-hydrogen) atoms. The Morgan fingerprint density at radius 1 is 0.639 bits per heavy atom. The molecule has 0 aromatic heterocycles. The third-order valence-corrected chi connectivity index (χ3v) is 4.18. The van der Waals surface area contributed by atoms with Gasteiger partial charge in [0.2, 0.25) is 0 Å². The molecule has 4 nitrogen and oxygen atoms in total. The summed E-state index contributed by atoms with van der Waals surface area (Å²) in [5.41, 5.74) is -1.53. The van der Waals surface area contributed by atoms with Crippen LogP contribution in [0.25, 0.3) is 0 Å². The van der Waals surface area contributed by atoms with Crippen LogP contribution < -0.4 is 0 Å². The van der Waals surface area contributed by atoms with Gasteiger partial charge in [-0.05, 0) is 0 Å². The molecule has 0 aliphatic carbocycles. The highest BCUT2D eigenvalue weighted by atomic mass is 19.4. The number of carbonyl (C=O) groups excluding carboxylic acids is 1. The Balaban J connectivity index is 6.71. The molecule has 0 unspecified atom stereocenters. The van der Waals surface area contributed by atoms with Crippen molar-refractivity contribution >= 4 is 11.9 Å². The van der Waals surface area contributed by atoms with Crippen molar-refractivity contribution in [1.29, 1.82) is 0 Å². The Labute approximate surface area is 186 Å². The predicted octanol–water partition coefficient (Wildman–Crippen LogP) is 5.96. The van der Waals surface area contributed by atoms with Crippen molar-refractivity contribution in [2.24, 2.45) is 0 Å². The number of hydrogen-bond donors (Lipinski definition) is 1. The molecule has 0 atom stereocenters. The Morgan fingerprint density at radius 3 is 1.28 bits per heavy atom. The van der Waals surface area contributed by atoms with Gasteiger partial charge in [0, 0.05) is 12.0 Å². The highest BCUT2D eigenvalue weighted by Crippen LogP contribution is 2.64. The van der Waals surface area contributed by atoms with Crippen molar-refractivity contribution in [1.82, 2.24) is 0 Å². The lowest BCUT2D eigenvalue weighted by Gasteiger charge is -2.42. The molecule has 21 heteroatoms. The molecule has 0 aliphatic heterocycles. The largest absolute Gasteiger partial charge is 0.481 e. The van der Waals surface area contributed by atoms with Crippen molar-refractivity contribution in [2.45, 2.75) is 60.5 Å². The highest BCUT2D eigenvalue weighted by Gasteiger charge is 2.95. The number of methoxy groups -OCH3 is 1.